The number of piperazine rings is 2. The van der Waals surface area contributed by atoms with Gasteiger partial charge in [0.2, 0.25) is 21.4 Å². The summed E-state index contributed by atoms with van der Waals surface area (Å²) in [6.45, 7) is 18.1. The molecular weight excluding hydrogens is 532 g/mol. The molecule has 3 aromatic heterocycles. The smallest absolute Gasteiger partial charge is 0.247 e. The highest BCUT2D eigenvalue weighted by Crippen LogP contribution is 2.35. The van der Waals surface area contributed by atoms with E-state index in [1.54, 1.807) is 36.5 Å². The fourth-order valence-corrected chi connectivity index (χ4v) is 6.80. The van der Waals surface area contributed by atoms with E-state index in [2.05, 4.69) is 34.9 Å². The number of nitrogens with zero attached hydrogens (tertiary/aromatic N) is 10. The fraction of sp³-hybridized carbons (Fsp3) is 0.308. The number of anilines is 3. The first kappa shape index (κ1) is 25.5. The Kier molecular flexibility index (Phi) is 6.63. The predicted molar refractivity (Wildman–Crippen MR) is 148 cm³/mol. The molecule has 2 fully saturated rings. The molecule has 5 heterocycles. The molecule has 0 unspecified atom stereocenters. The number of benzene rings is 1. The molecule has 0 spiro atoms. The highest BCUT2D eigenvalue weighted by atomic mass is 32.2. The van der Waals surface area contributed by atoms with Crippen LogP contribution in [0.15, 0.2) is 58.3 Å². The van der Waals surface area contributed by atoms with Crippen molar-refractivity contribution in [2.45, 2.75) is 4.90 Å². The van der Waals surface area contributed by atoms with Crippen LogP contribution in [0.4, 0.5) is 28.7 Å². The number of hydrogen-bond acceptors (Lipinski definition) is 10. The predicted octanol–water partition coefficient (Wildman–Crippen LogP) is 2.95. The Bertz CT molecular complexity index is 1710. The van der Waals surface area contributed by atoms with E-state index in [1.807, 2.05) is 15.9 Å². The highest BCUT2D eigenvalue weighted by molar-refractivity contribution is 7.89. The zero-order valence-electron chi connectivity index (χ0n) is 21.4. The highest BCUT2D eigenvalue weighted by Gasteiger charge is 2.35. The molecular formula is C26H24N10O3S. The van der Waals surface area contributed by atoms with Crippen molar-refractivity contribution in [3.05, 3.63) is 71.6 Å². The Morgan fingerprint density at radius 1 is 0.700 bits per heavy atom. The Morgan fingerprint density at radius 2 is 1.25 bits per heavy atom. The Hall–Kier alpha value is -4.79. The number of aromatic nitrogens is 4. The molecule has 202 valence electrons. The molecule has 0 atom stereocenters. The lowest BCUT2D eigenvalue weighted by molar-refractivity contribution is 0.315. The number of pyridine rings is 2. The first-order valence-corrected chi connectivity index (χ1v) is 14.1. The lowest BCUT2D eigenvalue weighted by Crippen LogP contribution is -2.50. The van der Waals surface area contributed by atoms with Crippen molar-refractivity contribution in [2.75, 3.05) is 67.1 Å². The van der Waals surface area contributed by atoms with Gasteiger partial charge in [-0.3, -0.25) is 9.97 Å². The Balaban J connectivity index is 1.23. The van der Waals surface area contributed by atoms with E-state index in [0.717, 1.165) is 5.82 Å². The molecule has 0 saturated carbocycles. The van der Waals surface area contributed by atoms with Crippen molar-refractivity contribution in [1.29, 1.82) is 0 Å². The van der Waals surface area contributed by atoms with Gasteiger partial charge in [0.05, 0.1) is 18.8 Å². The third kappa shape index (κ3) is 4.64. The molecule has 2 aliphatic rings. The van der Waals surface area contributed by atoms with Gasteiger partial charge in [0.25, 0.3) is 0 Å². The number of sulfonamides is 1. The molecule has 40 heavy (non-hydrogen) atoms. The summed E-state index contributed by atoms with van der Waals surface area (Å²) in [5, 5.41) is 7.88. The van der Waals surface area contributed by atoms with E-state index in [9.17, 15) is 8.42 Å². The zero-order valence-corrected chi connectivity index (χ0v) is 22.2. The second-order valence-electron chi connectivity index (χ2n) is 9.38. The zero-order chi connectivity index (χ0) is 27.7. The molecule has 0 bridgehead atoms. The van der Waals surface area contributed by atoms with Crippen LogP contribution in [-0.4, -0.2) is 85.4 Å². The summed E-state index contributed by atoms with van der Waals surface area (Å²) in [7, 11) is -3.94. The number of hydrogen-bond donors (Lipinski definition) is 0. The maximum atomic E-state index is 14.1. The van der Waals surface area contributed by atoms with Crippen LogP contribution < -0.4 is 14.7 Å². The molecule has 0 radical (unpaired) electrons. The van der Waals surface area contributed by atoms with Gasteiger partial charge in [-0.15, -0.1) is 0 Å². The minimum Gasteiger partial charge on any atom is -0.367 e. The van der Waals surface area contributed by atoms with Crippen molar-refractivity contribution in [1.82, 2.24) is 24.6 Å². The van der Waals surface area contributed by atoms with E-state index < -0.39 is 10.0 Å². The van der Waals surface area contributed by atoms with Crippen molar-refractivity contribution in [3.8, 4) is 0 Å². The van der Waals surface area contributed by atoms with Crippen LogP contribution in [-0.2, 0) is 10.0 Å². The van der Waals surface area contributed by atoms with Crippen molar-refractivity contribution in [3.63, 3.8) is 0 Å². The van der Waals surface area contributed by atoms with Gasteiger partial charge in [0, 0.05) is 64.8 Å². The minimum atomic E-state index is -3.94. The maximum absolute atomic E-state index is 14.1. The second kappa shape index (κ2) is 10.4. The lowest BCUT2D eigenvalue weighted by atomic mass is 10.2. The summed E-state index contributed by atoms with van der Waals surface area (Å²) in [4.78, 5) is 21.8. The molecule has 13 nitrogen and oxygen atoms in total. The SMILES string of the molecule is [C-]#[N+]c1ccc(N2CCN(c3ccc4nonc4c3S(=O)(=O)N3CCN(c4ccc([N+]#[C-])cn4)CC3)CC2)nc1. The van der Waals surface area contributed by atoms with Crippen LogP contribution >= 0.6 is 0 Å². The van der Waals surface area contributed by atoms with Gasteiger partial charge in [0.15, 0.2) is 5.52 Å². The van der Waals surface area contributed by atoms with Gasteiger partial charge in [-0.2, -0.15) is 4.31 Å². The van der Waals surface area contributed by atoms with Crippen molar-refractivity contribution >= 4 is 49.8 Å². The van der Waals surface area contributed by atoms with Crippen LogP contribution in [0.1, 0.15) is 0 Å². The molecule has 0 amide bonds. The van der Waals surface area contributed by atoms with E-state index >= 15 is 0 Å². The molecule has 0 N–H and O–H groups in total. The van der Waals surface area contributed by atoms with Gasteiger partial charge in [-0.05, 0) is 34.6 Å². The lowest BCUT2D eigenvalue weighted by Gasteiger charge is -2.38. The van der Waals surface area contributed by atoms with E-state index in [4.69, 9.17) is 17.8 Å². The molecule has 6 rings (SSSR count). The summed E-state index contributed by atoms with van der Waals surface area (Å²) >= 11 is 0. The standard InChI is InChI=1S/C26H24N10O3S/c1-27-19-3-7-23(29-17-19)34-11-9-33(10-12-34)22-6-5-21-25(32-39-31-21)26(22)40(37,38)36-15-13-35(14-16-36)24-8-4-20(28-2)18-30-24/h3-8,17-18H,9-16H2. The van der Waals surface area contributed by atoms with E-state index in [-0.39, 0.29) is 23.5 Å². The van der Waals surface area contributed by atoms with E-state index in [1.165, 1.54) is 10.5 Å². The molecule has 2 saturated heterocycles. The first-order valence-electron chi connectivity index (χ1n) is 12.7. The summed E-state index contributed by atoms with van der Waals surface area (Å²) in [6.07, 6.45) is 3.08. The molecule has 2 aliphatic heterocycles. The summed E-state index contributed by atoms with van der Waals surface area (Å²) < 4.78 is 34.6. The first-order chi connectivity index (χ1) is 19.5. The van der Waals surface area contributed by atoms with Crippen LogP contribution in [0.3, 0.4) is 0 Å². The summed E-state index contributed by atoms with van der Waals surface area (Å²) in [6, 6.07) is 10.6. The van der Waals surface area contributed by atoms with Crippen LogP contribution in [0.5, 0.6) is 0 Å². The third-order valence-corrected chi connectivity index (χ3v) is 9.15. The number of rotatable bonds is 5. The Labute approximate surface area is 230 Å². The van der Waals surface area contributed by atoms with Gasteiger partial charge in [-0.25, -0.2) is 22.7 Å². The fourth-order valence-electron chi connectivity index (χ4n) is 5.05. The molecule has 0 aliphatic carbocycles. The van der Waals surface area contributed by atoms with E-state index in [0.29, 0.717) is 67.7 Å². The normalized spacial score (nSPS) is 16.6. The van der Waals surface area contributed by atoms with Crippen LogP contribution in [0.25, 0.3) is 20.7 Å². The third-order valence-electron chi connectivity index (χ3n) is 7.19. The molecule has 4 aromatic rings. The number of fused-ring (bicyclic) bond motifs is 1. The topological polar surface area (TPSA) is 121 Å². The molecule has 14 heteroatoms. The van der Waals surface area contributed by atoms with Crippen LogP contribution in [0, 0.1) is 13.1 Å². The second-order valence-corrected chi connectivity index (χ2v) is 11.3. The summed E-state index contributed by atoms with van der Waals surface area (Å²) in [5.41, 5.74) is 2.12. The van der Waals surface area contributed by atoms with Gasteiger partial charge in [-0.1, -0.05) is 12.1 Å². The van der Waals surface area contributed by atoms with Crippen molar-refractivity contribution in [2.24, 2.45) is 0 Å². The van der Waals surface area contributed by atoms with Gasteiger partial charge < -0.3 is 14.7 Å². The van der Waals surface area contributed by atoms with Gasteiger partial charge >= 0.3 is 0 Å². The largest absolute Gasteiger partial charge is 0.367 e. The maximum Gasteiger partial charge on any atom is 0.247 e. The van der Waals surface area contributed by atoms with Gasteiger partial charge in [0.1, 0.15) is 22.0 Å². The average Bonchev–Trinajstić information content (AvgIpc) is 3.50. The average molecular weight is 557 g/mol. The molecule has 1 aromatic carbocycles. The monoisotopic (exact) mass is 556 g/mol. The minimum absolute atomic E-state index is 0.104. The van der Waals surface area contributed by atoms with Crippen LogP contribution in [0.2, 0.25) is 0 Å². The van der Waals surface area contributed by atoms with Crippen molar-refractivity contribution < 1.29 is 13.0 Å². The quantitative estimate of drug-likeness (QED) is 0.339. The Morgan fingerprint density at radius 3 is 1.77 bits per heavy atom. The summed E-state index contributed by atoms with van der Waals surface area (Å²) in [5.74, 6) is 1.50.